The molecule has 1 aromatic carbocycles. The minimum Gasteiger partial charge on any atom is -0.478 e. The number of amides is 2. The molecule has 2 aromatic rings. The number of rotatable bonds is 4. The van der Waals surface area contributed by atoms with Crippen LogP contribution in [-0.4, -0.2) is 44.2 Å². The second kappa shape index (κ2) is 6.23. The molecular weight excluding hydrogens is 298 g/mol. The smallest absolute Gasteiger partial charge is 0.337 e. The summed E-state index contributed by atoms with van der Waals surface area (Å²) in [7, 11) is 1.54. The summed E-state index contributed by atoms with van der Waals surface area (Å²) >= 11 is 5.82. The minimum absolute atomic E-state index is 0.0409. The number of aromatic nitrogens is 3. The van der Waals surface area contributed by atoms with E-state index in [2.05, 4.69) is 20.5 Å². The molecule has 9 heteroatoms. The number of nitrogens with zero attached hydrogens (tertiary/aromatic N) is 3. The largest absolute Gasteiger partial charge is 0.478 e. The van der Waals surface area contributed by atoms with E-state index in [1.54, 1.807) is 7.05 Å². The lowest BCUT2D eigenvalue weighted by molar-refractivity contribution is 0.0698. The molecule has 0 unspecified atom stereocenters. The van der Waals surface area contributed by atoms with Gasteiger partial charge in [-0.3, -0.25) is 5.10 Å². The van der Waals surface area contributed by atoms with Gasteiger partial charge in [-0.25, -0.2) is 14.6 Å². The number of nitrogens with one attached hydrogen (secondary N) is 2. The fraction of sp³-hybridized carbons (Fsp3) is 0.167. The maximum Gasteiger partial charge on any atom is 0.337 e. The number of urea groups is 1. The van der Waals surface area contributed by atoms with E-state index in [1.807, 2.05) is 0 Å². The van der Waals surface area contributed by atoms with Crippen LogP contribution in [0.15, 0.2) is 24.5 Å². The molecule has 0 aliphatic carbocycles. The number of benzene rings is 1. The van der Waals surface area contributed by atoms with Gasteiger partial charge in [0.15, 0.2) is 0 Å². The average molecular weight is 310 g/mol. The Morgan fingerprint density at radius 2 is 2.24 bits per heavy atom. The molecule has 0 atom stereocenters. The van der Waals surface area contributed by atoms with E-state index in [0.717, 1.165) is 0 Å². The molecule has 0 saturated carbocycles. The van der Waals surface area contributed by atoms with E-state index < -0.39 is 12.0 Å². The van der Waals surface area contributed by atoms with Crippen molar-refractivity contribution in [2.24, 2.45) is 0 Å². The second-order valence-electron chi connectivity index (χ2n) is 4.21. The van der Waals surface area contributed by atoms with Crippen LogP contribution in [0.5, 0.6) is 0 Å². The van der Waals surface area contributed by atoms with Crippen molar-refractivity contribution in [3.05, 3.63) is 40.9 Å². The number of hydrogen-bond acceptors (Lipinski definition) is 4. The van der Waals surface area contributed by atoms with Crippen LogP contribution in [0.1, 0.15) is 16.2 Å². The highest BCUT2D eigenvalue weighted by atomic mass is 35.5. The summed E-state index contributed by atoms with van der Waals surface area (Å²) in [5, 5.41) is 18.2. The standard InChI is InChI=1S/C12H12ClN5O3/c1-18(5-10-14-6-15-17-10)12(21)16-9-4-7(13)2-3-8(9)11(19)20/h2-4,6H,5H2,1H3,(H,16,21)(H,19,20)(H,14,15,17). The van der Waals surface area contributed by atoms with E-state index in [-0.39, 0.29) is 17.8 Å². The second-order valence-corrected chi connectivity index (χ2v) is 4.65. The third kappa shape index (κ3) is 3.69. The zero-order valence-electron chi connectivity index (χ0n) is 11.0. The van der Waals surface area contributed by atoms with Gasteiger partial charge in [-0.05, 0) is 18.2 Å². The van der Waals surface area contributed by atoms with Crippen molar-refractivity contribution in [1.82, 2.24) is 20.1 Å². The van der Waals surface area contributed by atoms with Crippen molar-refractivity contribution in [3.8, 4) is 0 Å². The van der Waals surface area contributed by atoms with Gasteiger partial charge in [0.1, 0.15) is 12.2 Å². The number of carboxylic acids is 1. The maximum absolute atomic E-state index is 12.0. The van der Waals surface area contributed by atoms with Gasteiger partial charge in [-0.2, -0.15) is 5.10 Å². The Hall–Kier alpha value is -2.61. The number of aromatic amines is 1. The van der Waals surface area contributed by atoms with Crippen molar-refractivity contribution in [2.45, 2.75) is 6.54 Å². The first-order chi connectivity index (χ1) is 9.97. The van der Waals surface area contributed by atoms with Crippen LogP contribution in [0.2, 0.25) is 5.02 Å². The van der Waals surface area contributed by atoms with Crippen molar-refractivity contribution >= 4 is 29.3 Å². The molecule has 0 spiro atoms. The highest BCUT2D eigenvalue weighted by Gasteiger charge is 2.16. The fourth-order valence-corrected chi connectivity index (χ4v) is 1.79. The van der Waals surface area contributed by atoms with Crippen molar-refractivity contribution in [2.75, 3.05) is 12.4 Å². The van der Waals surface area contributed by atoms with E-state index in [9.17, 15) is 9.59 Å². The lowest BCUT2D eigenvalue weighted by Crippen LogP contribution is -2.31. The topological polar surface area (TPSA) is 111 Å². The van der Waals surface area contributed by atoms with Gasteiger partial charge in [0.25, 0.3) is 0 Å². The number of hydrogen-bond donors (Lipinski definition) is 3. The van der Waals surface area contributed by atoms with Crippen LogP contribution in [-0.2, 0) is 6.54 Å². The summed E-state index contributed by atoms with van der Waals surface area (Å²) in [6.45, 7) is 0.203. The highest BCUT2D eigenvalue weighted by molar-refractivity contribution is 6.31. The summed E-state index contributed by atoms with van der Waals surface area (Å²) in [5.74, 6) is -0.642. The summed E-state index contributed by atoms with van der Waals surface area (Å²) in [4.78, 5) is 28.4. The first-order valence-corrected chi connectivity index (χ1v) is 6.24. The van der Waals surface area contributed by atoms with Crippen LogP contribution in [0.25, 0.3) is 0 Å². The molecule has 21 heavy (non-hydrogen) atoms. The summed E-state index contributed by atoms with van der Waals surface area (Å²) in [5.41, 5.74) is 0.0882. The van der Waals surface area contributed by atoms with Crippen LogP contribution >= 0.6 is 11.6 Å². The van der Waals surface area contributed by atoms with Gasteiger partial charge in [-0.1, -0.05) is 11.6 Å². The minimum atomic E-state index is -1.15. The first kappa shape index (κ1) is 14.8. The molecule has 3 N–H and O–H groups in total. The number of aromatic carboxylic acids is 1. The van der Waals surface area contributed by atoms with Gasteiger partial charge < -0.3 is 15.3 Å². The zero-order chi connectivity index (χ0) is 15.4. The first-order valence-electron chi connectivity index (χ1n) is 5.86. The van der Waals surface area contributed by atoms with Crippen LogP contribution in [0.3, 0.4) is 0 Å². The number of halogens is 1. The number of carboxylic acid groups (broad SMARTS) is 1. The van der Waals surface area contributed by atoms with Gasteiger partial charge in [0, 0.05) is 12.1 Å². The van der Waals surface area contributed by atoms with Gasteiger partial charge in [0.2, 0.25) is 0 Å². The van der Waals surface area contributed by atoms with Gasteiger partial charge in [-0.15, -0.1) is 0 Å². The SMILES string of the molecule is CN(Cc1ncn[nH]1)C(=O)Nc1cc(Cl)ccc1C(=O)O. The normalized spacial score (nSPS) is 10.2. The molecule has 2 rings (SSSR count). The summed E-state index contributed by atoms with van der Waals surface area (Å²) < 4.78 is 0. The van der Waals surface area contributed by atoms with E-state index in [1.165, 1.54) is 29.4 Å². The molecule has 2 amide bonds. The van der Waals surface area contributed by atoms with E-state index in [4.69, 9.17) is 16.7 Å². The molecule has 0 radical (unpaired) electrons. The molecule has 0 aliphatic rings. The lowest BCUT2D eigenvalue weighted by atomic mass is 10.2. The third-order valence-corrected chi connectivity index (χ3v) is 2.89. The molecule has 0 aliphatic heterocycles. The number of carbonyl (C=O) groups is 2. The molecule has 110 valence electrons. The summed E-state index contributed by atoms with van der Waals surface area (Å²) in [6, 6.07) is 3.66. The predicted molar refractivity (Wildman–Crippen MR) is 75.3 cm³/mol. The predicted octanol–water partition coefficient (Wildman–Crippen LogP) is 1.82. The number of carbonyl (C=O) groups excluding carboxylic acids is 1. The van der Waals surface area contributed by atoms with E-state index in [0.29, 0.717) is 10.8 Å². The van der Waals surface area contributed by atoms with Crippen LogP contribution in [0.4, 0.5) is 10.5 Å². The fourth-order valence-electron chi connectivity index (χ4n) is 1.62. The molecule has 0 bridgehead atoms. The Bertz CT molecular complexity index is 659. The Kier molecular flexibility index (Phi) is 4.39. The Labute approximate surface area is 124 Å². The van der Waals surface area contributed by atoms with Gasteiger partial charge >= 0.3 is 12.0 Å². The molecule has 8 nitrogen and oxygen atoms in total. The summed E-state index contributed by atoms with van der Waals surface area (Å²) in [6.07, 6.45) is 1.33. The Balaban J connectivity index is 2.11. The zero-order valence-corrected chi connectivity index (χ0v) is 11.8. The number of H-pyrrole nitrogens is 1. The highest BCUT2D eigenvalue weighted by Crippen LogP contribution is 2.21. The molecule has 1 heterocycles. The molecule has 0 saturated heterocycles. The average Bonchev–Trinajstić information content (AvgIpc) is 2.91. The number of anilines is 1. The quantitative estimate of drug-likeness (QED) is 0.797. The van der Waals surface area contributed by atoms with Gasteiger partial charge in [0.05, 0.1) is 17.8 Å². The van der Waals surface area contributed by atoms with Crippen molar-refractivity contribution < 1.29 is 14.7 Å². The van der Waals surface area contributed by atoms with E-state index >= 15 is 0 Å². The molecule has 0 fully saturated rings. The monoisotopic (exact) mass is 309 g/mol. The molecular formula is C12H12ClN5O3. The maximum atomic E-state index is 12.0. The third-order valence-electron chi connectivity index (χ3n) is 2.65. The lowest BCUT2D eigenvalue weighted by Gasteiger charge is -2.17. The molecule has 1 aromatic heterocycles. The van der Waals surface area contributed by atoms with Crippen molar-refractivity contribution in [3.63, 3.8) is 0 Å². The van der Waals surface area contributed by atoms with Crippen molar-refractivity contribution in [1.29, 1.82) is 0 Å². The van der Waals surface area contributed by atoms with Crippen LogP contribution in [0, 0.1) is 0 Å². The van der Waals surface area contributed by atoms with Crippen LogP contribution < -0.4 is 5.32 Å². The Morgan fingerprint density at radius 1 is 1.48 bits per heavy atom. The Morgan fingerprint density at radius 3 is 2.86 bits per heavy atom.